The van der Waals surface area contributed by atoms with Gasteiger partial charge in [-0.05, 0) is 92.6 Å². The number of rotatable bonds is 4. The molecule has 3 rings (SSSR count). The average Bonchev–Trinajstić information content (AvgIpc) is 2.64. The standard InChI is InChI=1S/C25H25O2P/c1-14-11-15(2)23(16(3)12-14)25(26)24-17(4)13-22(18(5)19(24)6)20-7-9-21(28-27)10-8-20/h7-13H,1-6H3. The van der Waals surface area contributed by atoms with Crippen molar-refractivity contribution in [3.8, 4) is 11.1 Å². The van der Waals surface area contributed by atoms with E-state index in [9.17, 15) is 9.36 Å². The Hall–Kier alpha value is -2.57. The molecule has 0 heterocycles. The molecule has 0 fully saturated rings. The molecule has 28 heavy (non-hydrogen) atoms. The Kier molecular flexibility index (Phi) is 5.63. The molecule has 2 nitrogen and oxygen atoms in total. The van der Waals surface area contributed by atoms with Crippen LogP contribution in [0.5, 0.6) is 0 Å². The molecule has 0 aromatic heterocycles. The average molecular weight is 388 g/mol. The van der Waals surface area contributed by atoms with Crippen molar-refractivity contribution in [2.75, 3.05) is 0 Å². The highest BCUT2D eigenvalue weighted by atomic mass is 31.1. The molecule has 0 atom stereocenters. The third-order valence-electron chi connectivity index (χ3n) is 5.51. The van der Waals surface area contributed by atoms with Crippen LogP contribution in [-0.2, 0) is 4.57 Å². The lowest BCUT2D eigenvalue weighted by molar-refractivity contribution is 0.103. The maximum Gasteiger partial charge on any atom is 0.194 e. The Morgan fingerprint density at radius 3 is 1.79 bits per heavy atom. The van der Waals surface area contributed by atoms with E-state index in [1.807, 2.05) is 52.0 Å². The minimum atomic E-state index is 0.0265. The quantitative estimate of drug-likeness (QED) is 0.385. The molecule has 0 amide bonds. The Labute approximate surface area is 168 Å². The summed E-state index contributed by atoms with van der Waals surface area (Å²) in [6.45, 7) is 12.2. The van der Waals surface area contributed by atoms with Gasteiger partial charge < -0.3 is 0 Å². The summed E-state index contributed by atoms with van der Waals surface area (Å²) in [5.74, 6) is 0.0974. The van der Waals surface area contributed by atoms with Crippen molar-refractivity contribution in [2.45, 2.75) is 41.5 Å². The van der Waals surface area contributed by atoms with Gasteiger partial charge >= 0.3 is 0 Å². The summed E-state index contributed by atoms with van der Waals surface area (Å²) in [6, 6.07) is 13.9. The molecule has 142 valence electrons. The highest BCUT2D eigenvalue weighted by molar-refractivity contribution is 7.34. The molecular formula is C25H25O2P. The summed E-state index contributed by atoms with van der Waals surface area (Å²) in [7, 11) is 0.0265. The maximum absolute atomic E-state index is 13.5. The second-order valence-corrected chi connectivity index (χ2v) is 8.31. The second-order valence-electron chi connectivity index (χ2n) is 7.61. The Bertz CT molecular complexity index is 1070. The van der Waals surface area contributed by atoms with Crippen molar-refractivity contribution < 1.29 is 9.36 Å². The topological polar surface area (TPSA) is 34.1 Å². The van der Waals surface area contributed by atoms with Gasteiger partial charge in [0.1, 0.15) is 0 Å². The van der Waals surface area contributed by atoms with Crippen molar-refractivity contribution in [1.82, 2.24) is 0 Å². The molecule has 0 aliphatic heterocycles. The van der Waals surface area contributed by atoms with Gasteiger partial charge in [-0.25, -0.2) is 0 Å². The van der Waals surface area contributed by atoms with Crippen LogP contribution in [0, 0.1) is 41.5 Å². The van der Waals surface area contributed by atoms with Crippen LogP contribution in [0.25, 0.3) is 11.1 Å². The van der Waals surface area contributed by atoms with Crippen LogP contribution in [0.2, 0.25) is 0 Å². The number of aryl methyl sites for hydroxylation is 4. The fraction of sp³-hybridized carbons (Fsp3) is 0.240. The number of carbonyl (C=O) groups is 1. The van der Waals surface area contributed by atoms with Crippen molar-refractivity contribution in [1.29, 1.82) is 0 Å². The van der Waals surface area contributed by atoms with E-state index in [1.165, 1.54) is 5.56 Å². The van der Waals surface area contributed by atoms with Crippen LogP contribution < -0.4 is 5.30 Å². The van der Waals surface area contributed by atoms with Gasteiger partial charge in [-0.15, -0.1) is 0 Å². The molecule has 0 aliphatic rings. The first-order valence-electron chi connectivity index (χ1n) is 9.41. The molecule has 3 heteroatoms. The molecule has 0 unspecified atom stereocenters. The predicted octanol–water partition coefficient (Wildman–Crippen LogP) is 6.35. The monoisotopic (exact) mass is 388 g/mol. The first-order chi connectivity index (χ1) is 13.2. The third-order valence-corrected chi connectivity index (χ3v) is 6.02. The van der Waals surface area contributed by atoms with E-state index in [0.29, 0.717) is 0 Å². The minimum Gasteiger partial charge on any atom is -0.289 e. The minimum absolute atomic E-state index is 0.0265. The van der Waals surface area contributed by atoms with Crippen LogP contribution in [-0.4, -0.2) is 5.78 Å². The van der Waals surface area contributed by atoms with Gasteiger partial charge in [0.15, 0.2) is 14.2 Å². The largest absolute Gasteiger partial charge is 0.289 e. The van der Waals surface area contributed by atoms with Crippen molar-refractivity contribution >= 4 is 19.5 Å². The number of hydrogen-bond donors (Lipinski definition) is 0. The highest BCUT2D eigenvalue weighted by Crippen LogP contribution is 2.32. The fourth-order valence-corrected chi connectivity index (χ4v) is 4.37. The van der Waals surface area contributed by atoms with Crippen LogP contribution in [0.15, 0.2) is 42.5 Å². The van der Waals surface area contributed by atoms with Crippen molar-refractivity contribution in [2.24, 2.45) is 0 Å². The van der Waals surface area contributed by atoms with Gasteiger partial charge in [-0.1, -0.05) is 35.9 Å². The lowest BCUT2D eigenvalue weighted by Crippen LogP contribution is -2.12. The molecule has 3 aromatic rings. The molecule has 0 saturated carbocycles. The van der Waals surface area contributed by atoms with Gasteiger partial charge in [0.05, 0.1) is 0 Å². The van der Waals surface area contributed by atoms with E-state index < -0.39 is 0 Å². The number of benzene rings is 3. The molecule has 3 aromatic carbocycles. The summed E-state index contributed by atoms with van der Waals surface area (Å²) in [5.41, 5.74) is 10.1. The number of ketones is 1. The molecule has 0 N–H and O–H groups in total. The zero-order chi connectivity index (χ0) is 20.6. The fourth-order valence-electron chi connectivity index (χ4n) is 4.10. The summed E-state index contributed by atoms with van der Waals surface area (Å²) >= 11 is 0. The lowest BCUT2D eigenvalue weighted by Gasteiger charge is -2.18. The van der Waals surface area contributed by atoms with E-state index in [1.54, 1.807) is 0 Å². The summed E-state index contributed by atoms with van der Waals surface area (Å²) in [6.07, 6.45) is 0. The molecule has 0 spiro atoms. The predicted molar refractivity (Wildman–Crippen MR) is 117 cm³/mol. The Morgan fingerprint density at radius 2 is 1.25 bits per heavy atom. The van der Waals surface area contributed by atoms with Crippen molar-refractivity contribution in [3.05, 3.63) is 87.0 Å². The van der Waals surface area contributed by atoms with E-state index in [2.05, 4.69) is 32.0 Å². The summed E-state index contributed by atoms with van der Waals surface area (Å²) in [5, 5.41) is 0.756. The van der Waals surface area contributed by atoms with Crippen molar-refractivity contribution in [3.63, 3.8) is 0 Å². The second kappa shape index (κ2) is 7.81. The lowest BCUT2D eigenvalue weighted by atomic mass is 9.85. The van der Waals surface area contributed by atoms with E-state index in [-0.39, 0.29) is 14.2 Å². The molecular weight excluding hydrogens is 363 g/mol. The highest BCUT2D eigenvalue weighted by Gasteiger charge is 2.21. The van der Waals surface area contributed by atoms with Gasteiger partial charge in [0.25, 0.3) is 0 Å². The molecule has 0 aliphatic carbocycles. The first kappa shape index (κ1) is 20.2. The van der Waals surface area contributed by atoms with Crippen LogP contribution in [0.4, 0.5) is 0 Å². The first-order valence-corrected chi connectivity index (χ1v) is 10.2. The maximum atomic E-state index is 13.5. The van der Waals surface area contributed by atoms with Gasteiger partial charge in [-0.2, -0.15) is 0 Å². The summed E-state index contributed by atoms with van der Waals surface area (Å²) in [4.78, 5) is 13.5. The zero-order valence-corrected chi connectivity index (χ0v) is 18.2. The normalized spacial score (nSPS) is 11.1. The molecule has 0 radical (unpaired) electrons. The number of carbonyl (C=O) groups excluding carboxylic acids is 1. The van der Waals surface area contributed by atoms with E-state index >= 15 is 0 Å². The van der Waals surface area contributed by atoms with E-state index in [4.69, 9.17) is 0 Å². The van der Waals surface area contributed by atoms with Gasteiger partial charge in [0.2, 0.25) is 0 Å². The van der Waals surface area contributed by atoms with Crippen LogP contribution in [0.3, 0.4) is 0 Å². The summed E-state index contributed by atoms with van der Waals surface area (Å²) < 4.78 is 11.0. The van der Waals surface area contributed by atoms with Crippen LogP contribution >= 0.6 is 8.46 Å². The Balaban J connectivity index is 2.15. The third kappa shape index (κ3) is 3.57. The molecule has 0 bridgehead atoms. The number of hydrogen-bond acceptors (Lipinski definition) is 2. The smallest absolute Gasteiger partial charge is 0.194 e. The zero-order valence-electron chi connectivity index (χ0n) is 17.3. The van der Waals surface area contributed by atoms with E-state index in [0.717, 1.165) is 55.4 Å². The SMILES string of the molecule is Cc1cc(C)c(C(=O)c2c(C)cc(-c3ccc(P=O)cc3)c(C)c2C)c(C)c1. The van der Waals surface area contributed by atoms with Crippen LogP contribution in [0.1, 0.15) is 49.3 Å². The Morgan fingerprint density at radius 1 is 0.714 bits per heavy atom. The van der Waals surface area contributed by atoms with Gasteiger partial charge in [-0.3, -0.25) is 9.36 Å². The van der Waals surface area contributed by atoms with Gasteiger partial charge in [0, 0.05) is 16.4 Å². The molecule has 0 saturated heterocycles.